The molecule has 1 amide bonds. The predicted molar refractivity (Wildman–Crippen MR) is 63.9 cm³/mol. The van der Waals surface area contributed by atoms with Crippen LogP contribution in [0.5, 0.6) is 0 Å². The van der Waals surface area contributed by atoms with Gasteiger partial charge in [-0.05, 0) is 29.8 Å². The number of nitrogens with zero attached hydrogens (tertiary/aromatic N) is 3. The van der Waals surface area contributed by atoms with Crippen LogP contribution in [0.15, 0.2) is 9.27 Å². The molecule has 0 unspecified atom stereocenters. The van der Waals surface area contributed by atoms with Crippen LogP contribution in [0.1, 0.15) is 19.5 Å². The van der Waals surface area contributed by atoms with Gasteiger partial charge in [-0.2, -0.15) is 13.2 Å². The van der Waals surface area contributed by atoms with E-state index < -0.39 is 33.3 Å². The van der Waals surface area contributed by atoms with E-state index in [1.54, 1.807) is 0 Å². The summed E-state index contributed by atoms with van der Waals surface area (Å²) in [6.45, 7) is 2.90. The monoisotopic (exact) mass is 339 g/mol. The normalized spacial score (nSPS) is 17.8. The maximum absolute atomic E-state index is 12.8. The van der Waals surface area contributed by atoms with Gasteiger partial charge in [-0.1, -0.05) is 0 Å². The fraction of sp³-hybridized carbons (Fsp3) is 0.500. The Morgan fingerprint density at radius 1 is 1.26 bits per heavy atom. The van der Waals surface area contributed by atoms with E-state index in [1.165, 1.54) is 20.9 Å². The molecule has 0 aliphatic carbocycles. The third-order valence-corrected chi connectivity index (χ3v) is 3.68. The first-order valence-electron chi connectivity index (χ1n) is 5.18. The quantitative estimate of drug-likeness (QED) is 0.723. The van der Waals surface area contributed by atoms with E-state index in [0.717, 1.165) is 9.47 Å². The molecular formula is C10H9BrF3N3O2. The zero-order chi connectivity index (χ0) is 14.7. The van der Waals surface area contributed by atoms with Gasteiger partial charge in [0, 0.05) is 7.05 Å². The molecular weight excluding hydrogens is 331 g/mol. The number of carbonyl (C=O) groups is 1. The van der Waals surface area contributed by atoms with Gasteiger partial charge < -0.3 is 0 Å². The molecule has 0 aromatic carbocycles. The lowest BCUT2D eigenvalue weighted by molar-refractivity contribution is -0.142. The number of halogens is 4. The molecule has 1 aromatic heterocycles. The average molecular weight is 340 g/mol. The maximum atomic E-state index is 12.8. The molecule has 2 rings (SSSR count). The summed E-state index contributed by atoms with van der Waals surface area (Å²) in [7, 11) is 1.28. The van der Waals surface area contributed by atoms with Crippen molar-refractivity contribution in [3.05, 3.63) is 20.5 Å². The highest BCUT2D eigenvalue weighted by Crippen LogP contribution is 2.37. The smallest absolute Gasteiger partial charge is 0.283 e. The molecule has 104 valence electrons. The van der Waals surface area contributed by atoms with E-state index in [2.05, 4.69) is 20.9 Å². The van der Waals surface area contributed by atoms with E-state index in [1.807, 2.05) is 0 Å². The van der Waals surface area contributed by atoms with E-state index >= 15 is 0 Å². The van der Waals surface area contributed by atoms with Crippen molar-refractivity contribution in [3.63, 3.8) is 0 Å². The van der Waals surface area contributed by atoms with Gasteiger partial charge in [-0.25, -0.2) is 4.98 Å². The Hall–Kier alpha value is -1.38. The summed E-state index contributed by atoms with van der Waals surface area (Å²) in [4.78, 5) is 28.3. The number of alkyl halides is 3. The summed E-state index contributed by atoms with van der Waals surface area (Å²) in [5, 5.41) is 0. The highest BCUT2D eigenvalue weighted by molar-refractivity contribution is 9.10. The number of carbonyl (C=O) groups excluding carboxylic acids is 1. The summed E-state index contributed by atoms with van der Waals surface area (Å²) in [5.74, 6) is -0.807. The number of anilines is 1. The molecule has 0 saturated heterocycles. The zero-order valence-electron chi connectivity index (χ0n) is 10.2. The van der Waals surface area contributed by atoms with Gasteiger partial charge in [0.2, 0.25) is 5.95 Å². The Labute approximate surface area is 114 Å². The first-order chi connectivity index (χ1) is 8.49. The zero-order valence-corrected chi connectivity index (χ0v) is 11.8. The van der Waals surface area contributed by atoms with Gasteiger partial charge in [0.25, 0.3) is 11.5 Å². The second-order valence-electron chi connectivity index (χ2n) is 4.64. The van der Waals surface area contributed by atoms with Gasteiger partial charge in [-0.3, -0.25) is 19.1 Å². The van der Waals surface area contributed by atoms with E-state index in [9.17, 15) is 22.8 Å². The lowest BCUT2D eigenvalue weighted by Gasteiger charge is -2.18. The van der Waals surface area contributed by atoms with Crippen LogP contribution in [0.2, 0.25) is 0 Å². The number of fused-ring (bicyclic) bond motifs is 1. The lowest BCUT2D eigenvalue weighted by Crippen LogP contribution is -2.40. The fourth-order valence-corrected chi connectivity index (χ4v) is 2.49. The third kappa shape index (κ3) is 1.78. The molecule has 0 spiro atoms. The maximum Gasteiger partial charge on any atom is 0.434 e. The molecule has 1 aliphatic rings. The van der Waals surface area contributed by atoms with Gasteiger partial charge in [0.05, 0.1) is 0 Å². The van der Waals surface area contributed by atoms with E-state index in [-0.39, 0.29) is 5.95 Å². The van der Waals surface area contributed by atoms with E-state index in [4.69, 9.17) is 0 Å². The minimum absolute atomic E-state index is 0.310. The van der Waals surface area contributed by atoms with Crippen molar-refractivity contribution in [2.45, 2.75) is 25.6 Å². The van der Waals surface area contributed by atoms with Crippen LogP contribution in [0.3, 0.4) is 0 Å². The summed E-state index contributed by atoms with van der Waals surface area (Å²) in [6.07, 6.45) is -4.77. The number of hydrogen-bond acceptors (Lipinski definition) is 3. The molecule has 0 saturated carbocycles. The topological polar surface area (TPSA) is 55.2 Å². The SMILES string of the molecule is CN1C(=O)C(C)(C)n2c1nc(C(F)(F)F)c(Br)c2=O. The second-order valence-corrected chi connectivity index (χ2v) is 5.43. The lowest BCUT2D eigenvalue weighted by atomic mass is 10.1. The Kier molecular flexibility index (Phi) is 2.82. The number of rotatable bonds is 0. The van der Waals surface area contributed by atoms with Crippen molar-refractivity contribution >= 4 is 27.8 Å². The van der Waals surface area contributed by atoms with Gasteiger partial charge in [0.15, 0.2) is 5.69 Å². The first kappa shape index (κ1) is 14.0. The highest BCUT2D eigenvalue weighted by atomic mass is 79.9. The largest absolute Gasteiger partial charge is 0.434 e. The molecule has 0 N–H and O–H groups in total. The van der Waals surface area contributed by atoms with Crippen molar-refractivity contribution in [1.82, 2.24) is 9.55 Å². The number of hydrogen-bond donors (Lipinski definition) is 0. The molecule has 0 fully saturated rings. The minimum Gasteiger partial charge on any atom is -0.283 e. The molecule has 1 aromatic rings. The molecule has 0 bridgehead atoms. The van der Waals surface area contributed by atoms with Crippen molar-refractivity contribution < 1.29 is 18.0 Å². The standard InChI is InChI=1S/C10H9BrF3N3O2/c1-9(2)7(19)16(3)8-15-5(10(12,13)14)4(11)6(18)17(8)9/h1-3H3. The van der Waals surface area contributed by atoms with Crippen molar-refractivity contribution in [2.24, 2.45) is 0 Å². The summed E-state index contributed by atoms with van der Waals surface area (Å²) >= 11 is 2.62. The van der Waals surface area contributed by atoms with Crippen molar-refractivity contribution in [3.8, 4) is 0 Å². The highest BCUT2D eigenvalue weighted by Gasteiger charge is 2.47. The van der Waals surface area contributed by atoms with Crippen LogP contribution in [0.25, 0.3) is 0 Å². The molecule has 0 atom stereocenters. The Bertz CT molecular complexity index is 636. The number of aromatic nitrogens is 2. The van der Waals surface area contributed by atoms with Gasteiger partial charge >= 0.3 is 6.18 Å². The van der Waals surface area contributed by atoms with Crippen LogP contribution in [0.4, 0.5) is 19.1 Å². The van der Waals surface area contributed by atoms with Crippen molar-refractivity contribution in [1.29, 1.82) is 0 Å². The second kappa shape index (κ2) is 3.81. The summed E-state index contributed by atoms with van der Waals surface area (Å²) in [6, 6.07) is 0. The Morgan fingerprint density at radius 3 is 2.26 bits per heavy atom. The van der Waals surface area contributed by atoms with Crippen LogP contribution in [-0.4, -0.2) is 22.5 Å². The van der Waals surface area contributed by atoms with Gasteiger partial charge in [-0.15, -0.1) is 0 Å². The van der Waals surface area contributed by atoms with Crippen LogP contribution >= 0.6 is 15.9 Å². The third-order valence-electron chi connectivity index (χ3n) is 2.97. The van der Waals surface area contributed by atoms with Crippen LogP contribution in [0, 0.1) is 0 Å². The molecule has 2 heterocycles. The summed E-state index contributed by atoms with van der Waals surface area (Å²) < 4.78 is 38.6. The molecule has 19 heavy (non-hydrogen) atoms. The van der Waals surface area contributed by atoms with Crippen LogP contribution < -0.4 is 10.5 Å². The Morgan fingerprint density at radius 2 is 1.79 bits per heavy atom. The van der Waals surface area contributed by atoms with E-state index in [0.29, 0.717) is 0 Å². The van der Waals surface area contributed by atoms with Gasteiger partial charge in [0.1, 0.15) is 10.0 Å². The summed E-state index contributed by atoms with van der Waals surface area (Å²) in [5.41, 5.74) is -3.53. The molecule has 1 aliphatic heterocycles. The minimum atomic E-state index is -4.77. The predicted octanol–water partition coefficient (Wildman–Crippen LogP) is 1.74. The molecule has 9 heteroatoms. The van der Waals surface area contributed by atoms with Crippen molar-refractivity contribution in [2.75, 3.05) is 11.9 Å². The number of amides is 1. The average Bonchev–Trinajstić information content (AvgIpc) is 2.43. The number of likely N-dealkylation sites (N-methyl/N-ethyl adjacent to an activating group) is 1. The molecule has 0 radical (unpaired) electrons. The Balaban J connectivity index is 2.87. The fourth-order valence-electron chi connectivity index (χ4n) is 2.00. The van der Waals surface area contributed by atoms with Crippen LogP contribution in [-0.2, 0) is 16.5 Å². The first-order valence-corrected chi connectivity index (χ1v) is 5.97. The molecule has 5 nitrogen and oxygen atoms in total.